The number of rotatable bonds is 4. The molecule has 1 aromatic carbocycles. The Hall–Kier alpha value is -0.900. The van der Waals surface area contributed by atoms with E-state index in [4.69, 9.17) is 11.6 Å². The standard InChI is InChI=1S/C15H14ClNS2/c1-2-10-7-8-13(18-10)11(16)9-15-17-12-5-3-4-6-14(12)19-15/h3-8,11H,2,9H2,1H3. The van der Waals surface area contributed by atoms with Gasteiger partial charge in [0.25, 0.3) is 0 Å². The number of thiophene rings is 1. The number of thiazole rings is 1. The zero-order valence-corrected chi connectivity index (χ0v) is 13.0. The second-order valence-corrected chi connectivity index (χ2v) is 7.25. The van der Waals surface area contributed by atoms with Gasteiger partial charge in [-0.15, -0.1) is 34.3 Å². The fourth-order valence-corrected chi connectivity index (χ4v) is 4.40. The summed E-state index contributed by atoms with van der Waals surface area (Å²) in [4.78, 5) is 7.29. The van der Waals surface area contributed by atoms with Gasteiger partial charge in [-0.25, -0.2) is 4.98 Å². The predicted octanol–water partition coefficient (Wildman–Crippen LogP) is 5.44. The van der Waals surface area contributed by atoms with Crippen molar-refractivity contribution in [1.29, 1.82) is 0 Å². The van der Waals surface area contributed by atoms with Crippen molar-refractivity contribution in [3.63, 3.8) is 0 Å². The summed E-state index contributed by atoms with van der Waals surface area (Å²) in [5, 5.41) is 1.15. The molecule has 0 radical (unpaired) electrons. The Morgan fingerprint density at radius 3 is 2.74 bits per heavy atom. The number of alkyl halides is 1. The van der Waals surface area contributed by atoms with Gasteiger partial charge >= 0.3 is 0 Å². The summed E-state index contributed by atoms with van der Waals surface area (Å²) in [6.45, 7) is 2.17. The predicted molar refractivity (Wildman–Crippen MR) is 85.6 cm³/mol. The molecule has 0 saturated carbocycles. The number of aryl methyl sites for hydroxylation is 1. The molecule has 0 saturated heterocycles. The average Bonchev–Trinajstić information content (AvgIpc) is 3.04. The molecule has 3 aromatic rings. The van der Waals surface area contributed by atoms with E-state index < -0.39 is 0 Å². The lowest BCUT2D eigenvalue weighted by Crippen LogP contribution is -1.92. The lowest BCUT2D eigenvalue weighted by molar-refractivity contribution is 0.930. The number of nitrogens with zero attached hydrogens (tertiary/aromatic N) is 1. The summed E-state index contributed by atoms with van der Waals surface area (Å²) < 4.78 is 1.24. The first-order chi connectivity index (χ1) is 9.26. The third-order valence-electron chi connectivity index (χ3n) is 3.03. The molecule has 1 atom stereocenters. The number of benzene rings is 1. The van der Waals surface area contributed by atoms with E-state index in [1.807, 2.05) is 17.4 Å². The van der Waals surface area contributed by atoms with E-state index in [9.17, 15) is 0 Å². The molecule has 0 N–H and O–H groups in total. The van der Waals surface area contributed by atoms with Gasteiger partial charge in [0.15, 0.2) is 0 Å². The molecular formula is C15H14ClNS2. The largest absolute Gasteiger partial charge is 0.241 e. The summed E-state index contributed by atoms with van der Waals surface area (Å²) in [7, 11) is 0. The van der Waals surface area contributed by atoms with E-state index in [0.717, 1.165) is 23.4 Å². The van der Waals surface area contributed by atoms with E-state index in [-0.39, 0.29) is 5.38 Å². The highest BCUT2D eigenvalue weighted by Gasteiger charge is 2.14. The van der Waals surface area contributed by atoms with Gasteiger partial charge in [-0.3, -0.25) is 0 Å². The fraction of sp³-hybridized carbons (Fsp3) is 0.267. The van der Waals surface area contributed by atoms with Crippen molar-refractivity contribution in [1.82, 2.24) is 4.98 Å². The van der Waals surface area contributed by atoms with Crippen molar-refractivity contribution in [3.8, 4) is 0 Å². The minimum atomic E-state index is 0.0332. The van der Waals surface area contributed by atoms with Crippen LogP contribution in [0.15, 0.2) is 36.4 Å². The van der Waals surface area contributed by atoms with Crippen LogP contribution in [0.2, 0.25) is 0 Å². The van der Waals surface area contributed by atoms with Crippen LogP contribution in [0.5, 0.6) is 0 Å². The summed E-state index contributed by atoms with van der Waals surface area (Å²) >= 11 is 10.1. The van der Waals surface area contributed by atoms with Crippen molar-refractivity contribution < 1.29 is 0 Å². The van der Waals surface area contributed by atoms with E-state index >= 15 is 0 Å². The van der Waals surface area contributed by atoms with Gasteiger partial charge in [0, 0.05) is 16.2 Å². The van der Waals surface area contributed by atoms with Crippen molar-refractivity contribution >= 4 is 44.5 Å². The second-order valence-electron chi connectivity index (χ2n) is 4.40. The molecule has 0 aliphatic heterocycles. The maximum atomic E-state index is 6.52. The van der Waals surface area contributed by atoms with Gasteiger partial charge in [-0.1, -0.05) is 19.1 Å². The van der Waals surface area contributed by atoms with Crippen LogP contribution < -0.4 is 0 Å². The van der Waals surface area contributed by atoms with Gasteiger partial charge in [0.2, 0.25) is 0 Å². The lowest BCUT2D eigenvalue weighted by atomic mass is 10.2. The molecule has 0 spiro atoms. The molecule has 2 aromatic heterocycles. The molecule has 3 rings (SSSR count). The van der Waals surface area contributed by atoms with Crippen LogP contribution in [0.4, 0.5) is 0 Å². The highest BCUT2D eigenvalue weighted by molar-refractivity contribution is 7.18. The summed E-state index contributed by atoms with van der Waals surface area (Å²) in [5.41, 5.74) is 1.08. The minimum absolute atomic E-state index is 0.0332. The van der Waals surface area contributed by atoms with Crippen molar-refractivity contribution in [2.75, 3.05) is 0 Å². The SMILES string of the molecule is CCc1ccc(C(Cl)Cc2nc3ccccc3s2)s1. The van der Waals surface area contributed by atoms with E-state index in [1.54, 1.807) is 11.3 Å². The smallest absolute Gasteiger partial charge is 0.0957 e. The Bertz CT molecular complexity index is 653. The first kappa shape index (κ1) is 13.1. The number of hydrogen-bond donors (Lipinski definition) is 0. The zero-order valence-electron chi connectivity index (χ0n) is 10.6. The molecule has 0 aliphatic rings. The van der Waals surface area contributed by atoms with E-state index in [1.165, 1.54) is 14.5 Å². The molecule has 4 heteroatoms. The Balaban J connectivity index is 1.80. The molecule has 98 valence electrons. The number of fused-ring (bicyclic) bond motifs is 1. The number of halogens is 1. The van der Waals surface area contributed by atoms with Gasteiger partial charge in [-0.2, -0.15) is 0 Å². The second kappa shape index (κ2) is 5.61. The molecule has 1 unspecified atom stereocenters. The summed E-state index contributed by atoms with van der Waals surface area (Å²) in [6, 6.07) is 12.6. The van der Waals surface area contributed by atoms with Crippen LogP contribution in [-0.2, 0) is 12.8 Å². The highest BCUT2D eigenvalue weighted by Crippen LogP contribution is 2.33. The molecule has 19 heavy (non-hydrogen) atoms. The fourth-order valence-electron chi connectivity index (χ4n) is 2.01. The van der Waals surface area contributed by atoms with Crippen LogP contribution in [0, 0.1) is 0 Å². The molecule has 0 aliphatic carbocycles. The molecular weight excluding hydrogens is 294 g/mol. The summed E-state index contributed by atoms with van der Waals surface area (Å²) in [6.07, 6.45) is 1.89. The van der Waals surface area contributed by atoms with Crippen molar-refractivity contribution in [2.24, 2.45) is 0 Å². The maximum absolute atomic E-state index is 6.52. The van der Waals surface area contributed by atoms with Crippen molar-refractivity contribution in [3.05, 3.63) is 51.2 Å². The topological polar surface area (TPSA) is 12.9 Å². The van der Waals surface area contributed by atoms with Gasteiger partial charge in [0.1, 0.15) is 0 Å². The monoisotopic (exact) mass is 307 g/mol. The first-order valence-electron chi connectivity index (χ1n) is 6.33. The quantitative estimate of drug-likeness (QED) is 0.585. The van der Waals surface area contributed by atoms with Crippen LogP contribution >= 0.6 is 34.3 Å². The molecule has 1 nitrogen and oxygen atoms in total. The van der Waals surface area contributed by atoms with Crippen molar-refractivity contribution in [2.45, 2.75) is 25.1 Å². The molecule has 0 amide bonds. The van der Waals surface area contributed by atoms with Crippen LogP contribution in [-0.4, -0.2) is 4.98 Å². The minimum Gasteiger partial charge on any atom is -0.241 e. The Kier molecular flexibility index (Phi) is 3.87. The number of aromatic nitrogens is 1. The normalized spacial score (nSPS) is 12.9. The lowest BCUT2D eigenvalue weighted by Gasteiger charge is -2.03. The summed E-state index contributed by atoms with van der Waals surface area (Å²) in [5.74, 6) is 0. The first-order valence-corrected chi connectivity index (χ1v) is 8.40. The third-order valence-corrected chi connectivity index (χ3v) is 5.95. The highest BCUT2D eigenvalue weighted by atomic mass is 35.5. The zero-order chi connectivity index (χ0) is 13.2. The Morgan fingerprint density at radius 1 is 1.16 bits per heavy atom. The third kappa shape index (κ3) is 2.83. The van der Waals surface area contributed by atoms with Gasteiger partial charge < -0.3 is 0 Å². The van der Waals surface area contributed by atoms with Gasteiger partial charge in [0.05, 0.1) is 20.6 Å². The molecule has 0 bridgehead atoms. The van der Waals surface area contributed by atoms with E-state index in [2.05, 4.69) is 42.2 Å². The molecule has 2 heterocycles. The average molecular weight is 308 g/mol. The number of hydrogen-bond acceptors (Lipinski definition) is 3. The Morgan fingerprint density at radius 2 is 2.00 bits per heavy atom. The van der Waals surface area contributed by atoms with Crippen LogP contribution in [0.3, 0.4) is 0 Å². The number of para-hydroxylation sites is 1. The van der Waals surface area contributed by atoms with Crippen LogP contribution in [0.1, 0.15) is 27.1 Å². The molecule has 0 fully saturated rings. The Labute approximate surface area is 125 Å². The van der Waals surface area contributed by atoms with Gasteiger partial charge in [-0.05, 0) is 30.7 Å². The maximum Gasteiger partial charge on any atom is 0.0957 e. The van der Waals surface area contributed by atoms with E-state index in [0.29, 0.717) is 0 Å². The van der Waals surface area contributed by atoms with Crippen LogP contribution in [0.25, 0.3) is 10.2 Å².